The van der Waals surface area contributed by atoms with Crippen LogP contribution in [-0.4, -0.2) is 18.2 Å². The number of halogens is 2. The van der Waals surface area contributed by atoms with Crippen molar-refractivity contribution >= 4 is 43.5 Å². The van der Waals surface area contributed by atoms with Gasteiger partial charge in [-0.1, -0.05) is 47.6 Å². The fourth-order valence-electron chi connectivity index (χ4n) is 3.22. The summed E-state index contributed by atoms with van der Waals surface area (Å²) in [4.78, 5) is 2.40. The maximum atomic E-state index is 10.9. The van der Waals surface area contributed by atoms with E-state index in [1.807, 2.05) is 0 Å². The Kier molecular flexibility index (Phi) is 10.9. The van der Waals surface area contributed by atoms with Crippen LogP contribution in [0.25, 0.3) is 0 Å². The summed E-state index contributed by atoms with van der Waals surface area (Å²) in [6.07, 6.45) is 0. The molecular weight excluding hydrogens is 444 g/mol. The molecule has 2 aromatic rings. The molecule has 0 aromatic heterocycles. The van der Waals surface area contributed by atoms with Gasteiger partial charge in [-0.15, -0.1) is 0 Å². The number of benzene rings is 2. The van der Waals surface area contributed by atoms with Crippen molar-refractivity contribution in [2.75, 3.05) is 18.0 Å². The topological polar surface area (TPSA) is 23.5 Å². The summed E-state index contributed by atoms with van der Waals surface area (Å²) in [5.74, 6) is 0.463. The molecular formula is C22H32Cl2NOPTi. The molecule has 1 unspecified atom stereocenters. The van der Waals surface area contributed by atoms with Crippen molar-refractivity contribution < 1.29 is 22.1 Å². The number of nitrogens with zero attached hydrogens (tertiary/aromatic N) is 1. The maximum absolute atomic E-state index is 10.9. The predicted molar refractivity (Wildman–Crippen MR) is 126 cm³/mol. The first-order valence-electron chi connectivity index (χ1n) is 9.52. The number of phenols is 1. The van der Waals surface area contributed by atoms with Crippen molar-refractivity contribution in [3.8, 4) is 5.75 Å². The van der Waals surface area contributed by atoms with E-state index in [4.69, 9.17) is 18.6 Å². The Labute approximate surface area is 189 Å². The number of aromatic hydroxyl groups is 1. The molecule has 2 nitrogen and oxygen atoms in total. The van der Waals surface area contributed by atoms with E-state index >= 15 is 0 Å². The van der Waals surface area contributed by atoms with Crippen LogP contribution < -0.4 is 15.5 Å². The summed E-state index contributed by atoms with van der Waals surface area (Å²) in [5.41, 5.74) is 4.77. The molecule has 0 spiro atoms. The first-order chi connectivity index (χ1) is 13.1. The fraction of sp³-hybridized carbons (Fsp3) is 0.455. The van der Waals surface area contributed by atoms with Crippen molar-refractivity contribution in [2.24, 2.45) is 0 Å². The van der Waals surface area contributed by atoms with E-state index in [1.54, 1.807) is 0 Å². The summed E-state index contributed by atoms with van der Waals surface area (Å²) >= 11 is -0.556. The van der Waals surface area contributed by atoms with Crippen molar-refractivity contribution in [3.63, 3.8) is 0 Å². The minimum atomic E-state index is -0.556. The Hall–Kier alpha value is -0.236. The summed E-state index contributed by atoms with van der Waals surface area (Å²) in [6.45, 7) is 17.1. The van der Waals surface area contributed by atoms with Gasteiger partial charge in [0.15, 0.2) is 0 Å². The van der Waals surface area contributed by atoms with Gasteiger partial charge in [0.1, 0.15) is 5.75 Å². The van der Waals surface area contributed by atoms with E-state index in [9.17, 15) is 5.11 Å². The second-order valence-electron chi connectivity index (χ2n) is 7.80. The second-order valence-corrected chi connectivity index (χ2v) is 11.7. The average Bonchev–Trinajstić information content (AvgIpc) is 2.61. The molecule has 0 heterocycles. The molecule has 0 aliphatic rings. The Morgan fingerprint density at radius 2 is 1.64 bits per heavy atom. The summed E-state index contributed by atoms with van der Waals surface area (Å²) in [6, 6.07) is 10.8. The van der Waals surface area contributed by atoms with Crippen molar-refractivity contribution in [3.05, 3.63) is 47.0 Å². The van der Waals surface area contributed by atoms with E-state index in [2.05, 4.69) is 83.7 Å². The number of anilines is 1. The summed E-state index contributed by atoms with van der Waals surface area (Å²) in [7, 11) is 10.2. The number of phenolic OH excluding ortho intramolecular Hbond substituents is 1. The van der Waals surface area contributed by atoms with Gasteiger partial charge in [0, 0.05) is 34.9 Å². The van der Waals surface area contributed by atoms with E-state index in [0.717, 1.165) is 24.0 Å². The molecule has 0 amide bonds. The Bertz CT molecular complexity index is 774. The molecule has 6 heteroatoms. The van der Waals surface area contributed by atoms with Crippen LogP contribution >= 0.6 is 27.2 Å². The fourth-order valence-corrected chi connectivity index (χ4v) is 4.70. The van der Waals surface area contributed by atoms with Crippen LogP contribution in [0.1, 0.15) is 51.3 Å². The van der Waals surface area contributed by atoms with Gasteiger partial charge in [-0.3, -0.25) is 0 Å². The third kappa shape index (κ3) is 6.93. The molecule has 0 fully saturated rings. The van der Waals surface area contributed by atoms with Crippen LogP contribution in [0.2, 0.25) is 0 Å². The molecule has 2 rings (SSSR count). The molecule has 0 aliphatic heterocycles. The molecule has 0 saturated heterocycles. The van der Waals surface area contributed by atoms with Crippen molar-refractivity contribution in [1.29, 1.82) is 0 Å². The van der Waals surface area contributed by atoms with Crippen LogP contribution in [0.4, 0.5) is 5.69 Å². The Morgan fingerprint density at radius 3 is 2.14 bits per heavy atom. The predicted octanol–water partition coefficient (Wildman–Crippen LogP) is 6.16. The number of hydrogen-bond acceptors (Lipinski definition) is 2. The zero-order chi connectivity index (χ0) is 21.5. The molecule has 1 atom stereocenters. The zero-order valence-electron chi connectivity index (χ0n) is 18.0. The van der Waals surface area contributed by atoms with Gasteiger partial charge in [-0.05, 0) is 56.4 Å². The quantitative estimate of drug-likeness (QED) is 0.413. The van der Waals surface area contributed by atoms with Crippen LogP contribution in [0, 0.1) is 13.8 Å². The van der Waals surface area contributed by atoms with Crippen LogP contribution in [0.5, 0.6) is 5.75 Å². The molecule has 0 aliphatic carbocycles. The zero-order valence-corrected chi connectivity index (χ0v) is 22.0. The molecule has 154 valence electrons. The van der Waals surface area contributed by atoms with Crippen LogP contribution in [0.15, 0.2) is 30.3 Å². The van der Waals surface area contributed by atoms with Gasteiger partial charge >= 0.3 is 35.6 Å². The van der Waals surface area contributed by atoms with Crippen molar-refractivity contribution in [1.82, 2.24) is 0 Å². The van der Waals surface area contributed by atoms with E-state index in [1.165, 1.54) is 22.1 Å². The Balaban J connectivity index is 0.00000122. The summed E-state index contributed by atoms with van der Waals surface area (Å²) in [5, 5.41) is 13.3. The molecule has 2 aromatic carbocycles. The van der Waals surface area contributed by atoms with E-state index < -0.39 is 17.0 Å². The molecule has 1 N–H and O–H groups in total. The SMILES string of the molecule is CCN(CC)c1cccc(C)c1Pc1cc(C)cc(C(C)(C)C)c1O.[Cl][Ti][Cl]. The van der Waals surface area contributed by atoms with Gasteiger partial charge in [-0.25, -0.2) is 0 Å². The van der Waals surface area contributed by atoms with E-state index in [-0.39, 0.29) is 5.41 Å². The average molecular weight is 476 g/mol. The van der Waals surface area contributed by atoms with Crippen LogP contribution in [0.3, 0.4) is 0 Å². The van der Waals surface area contributed by atoms with Gasteiger partial charge in [-0.2, -0.15) is 0 Å². The minimum absolute atomic E-state index is 0.0667. The molecule has 0 radical (unpaired) electrons. The van der Waals surface area contributed by atoms with Gasteiger partial charge in [0.25, 0.3) is 0 Å². The third-order valence-electron chi connectivity index (χ3n) is 4.68. The normalized spacial score (nSPS) is 11.3. The summed E-state index contributed by atoms with van der Waals surface area (Å²) < 4.78 is 0. The number of hydrogen-bond donors (Lipinski definition) is 1. The standard InChI is InChI=1S/C22H32NOP.2ClH.Ti/c1-8-23(9-2)18-12-10-11-16(4)21(18)25-19-14-15(3)13-17(20(19)24)22(5,6)7;;;/h10-14,24-25H,8-9H2,1-7H3;2*1H;/q;;;+2/p-2. The molecule has 0 saturated carbocycles. The van der Waals surface area contributed by atoms with Crippen molar-refractivity contribution in [2.45, 2.75) is 53.9 Å². The first kappa shape index (κ1) is 25.8. The molecule has 0 bridgehead atoms. The Morgan fingerprint density at radius 1 is 1.07 bits per heavy atom. The van der Waals surface area contributed by atoms with Crippen LogP contribution in [-0.2, 0) is 22.4 Å². The second kappa shape index (κ2) is 11.8. The molecule has 28 heavy (non-hydrogen) atoms. The monoisotopic (exact) mass is 475 g/mol. The first-order valence-corrected chi connectivity index (χ1v) is 14.8. The number of aryl methyl sites for hydroxylation is 2. The third-order valence-corrected chi connectivity index (χ3v) is 6.23. The van der Waals surface area contributed by atoms with Gasteiger partial charge in [0.05, 0.1) is 0 Å². The van der Waals surface area contributed by atoms with E-state index in [0.29, 0.717) is 14.3 Å². The number of rotatable bonds is 5. The van der Waals surface area contributed by atoms with Gasteiger partial charge < -0.3 is 10.0 Å². The van der Waals surface area contributed by atoms with Gasteiger partial charge in [0.2, 0.25) is 0 Å².